The molecule has 0 saturated carbocycles. The maximum absolute atomic E-state index is 10.7. The Balaban J connectivity index is 1.95. The van der Waals surface area contributed by atoms with Crippen molar-refractivity contribution < 1.29 is 9.53 Å². The number of nitrogen functional groups attached to an aromatic ring is 1. The minimum absolute atomic E-state index is 0.0865. The molecule has 0 spiro atoms. The molecule has 0 radical (unpaired) electrons. The molecule has 0 unspecified atom stereocenters. The third kappa shape index (κ3) is 4.92. The van der Waals surface area contributed by atoms with Crippen molar-refractivity contribution in [1.82, 2.24) is 5.32 Å². The Morgan fingerprint density at radius 3 is 2.24 bits per heavy atom. The molecule has 0 heterocycles. The van der Waals surface area contributed by atoms with E-state index in [1.54, 1.807) is 12.1 Å². The molecule has 0 aliphatic heterocycles. The van der Waals surface area contributed by atoms with E-state index in [-0.39, 0.29) is 5.91 Å². The number of benzene rings is 2. The number of ether oxygens (including phenoxy) is 1. The lowest BCUT2D eigenvalue weighted by atomic mass is 10.2. The van der Waals surface area contributed by atoms with E-state index in [0.29, 0.717) is 12.2 Å². The van der Waals surface area contributed by atoms with Crippen LogP contribution in [0.1, 0.15) is 12.5 Å². The zero-order chi connectivity index (χ0) is 15.1. The van der Waals surface area contributed by atoms with Gasteiger partial charge in [0.25, 0.3) is 0 Å². The second-order valence-corrected chi connectivity index (χ2v) is 4.41. The van der Waals surface area contributed by atoms with Crippen molar-refractivity contribution >= 4 is 11.6 Å². The average Bonchev–Trinajstić information content (AvgIpc) is 2.47. The molecule has 106 valence electrons. The van der Waals surface area contributed by atoms with Gasteiger partial charge >= 0.3 is 0 Å². The van der Waals surface area contributed by atoms with Gasteiger partial charge in [0.15, 0.2) is 0 Å². The van der Waals surface area contributed by atoms with Gasteiger partial charge in [-0.05, 0) is 48.5 Å². The molecule has 2 rings (SSSR count). The van der Waals surface area contributed by atoms with Gasteiger partial charge in [-0.15, -0.1) is 0 Å². The zero-order valence-electron chi connectivity index (χ0n) is 11.7. The Bertz CT molecular complexity index is 665. The van der Waals surface area contributed by atoms with Crippen LogP contribution in [0.2, 0.25) is 0 Å². The number of amides is 1. The highest BCUT2D eigenvalue weighted by atomic mass is 16.5. The van der Waals surface area contributed by atoms with Crippen LogP contribution in [0.4, 0.5) is 5.69 Å². The number of carbonyl (C=O) groups is 1. The van der Waals surface area contributed by atoms with E-state index in [0.717, 1.165) is 17.1 Å². The topological polar surface area (TPSA) is 64.3 Å². The number of hydrogen-bond acceptors (Lipinski definition) is 3. The van der Waals surface area contributed by atoms with Gasteiger partial charge in [0.05, 0.1) is 6.54 Å². The zero-order valence-corrected chi connectivity index (χ0v) is 11.7. The number of rotatable bonds is 3. The summed E-state index contributed by atoms with van der Waals surface area (Å²) in [5.41, 5.74) is 7.19. The second kappa shape index (κ2) is 7.01. The molecule has 0 bridgehead atoms. The van der Waals surface area contributed by atoms with E-state index in [2.05, 4.69) is 17.2 Å². The monoisotopic (exact) mass is 280 g/mol. The van der Waals surface area contributed by atoms with E-state index in [1.165, 1.54) is 6.92 Å². The highest BCUT2D eigenvalue weighted by Crippen LogP contribution is 2.22. The molecule has 4 heteroatoms. The Morgan fingerprint density at radius 1 is 1.10 bits per heavy atom. The summed E-state index contributed by atoms with van der Waals surface area (Å²) in [5, 5.41) is 2.62. The van der Waals surface area contributed by atoms with E-state index in [1.807, 2.05) is 36.4 Å². The van der Waals surface area contributed by atoms with Crippen LogP contribution in [0.15, 0.2) is 48.5 Å². The molecule has 3 N–H and O–H groups in total. The Kier molecular flexibility index (Phi) is 4.84. The average molecular weight is 280 g/mol. The second-order valence-electron chi connectivity index (χ2n) is 4.41. The number of nitrogens with one attached hydrogen (secondary N) is 1. The lowest BCUT2D eigenvalue weighted by Gasteiger charge is -2.05. The maximum atomic E-state index is 10.7. The fourth-order valence-electron chi connectivity index (χ4n) is 1.59. The van der Waals surface area contributed by atoms with Crippen molar-refractivity contribution in [2.24, 2.45) is 0 Å². The van der Waals surface area contributed by atoms with Crippen molar-refractivity contribution in [3.8, 4) is 23.3 Å². The van der Waals surface area contributed by atoms with Crippen molar-refractivity contribution in [2.75, 3.05) is 12.3 Å². The fraction of sp³-hybridized carbons (Fsp3) is 0.118. The van der Waals surface area contributed by atoms with Crippen LogP contribution < -0.4 is 15.8 Å². The van der Waals surface area contributed by atoms with Crippen LogP contribution in [-0.4, -0.2) is 12.5 Å². The Hall–Kier alpha value is -2.93. The van der Waals surface area contributed by atoms with Gasteiger partial charge in [-0.3, -0.25) is 4.79 Å². The van der Waals surface area contributed by atoms with E-state index < -0.39 is 0 Å². The Morgan fingerprint density at radius 2 is 1.67 bits per heavy atom. The summed E-state index contributed by atoms with van der Waals surface area (Å²) in [7, 11) is 0. The van der Waals surface area contributed by atoms with Gasteiger partial charge in [0.2, 0.25) is 5.91 Å². The summed E-state index contributed by atoms with van der Waals surface area (Å²) in [6, 6.07) is 14.6. The fourth-order valence-corrected chi connectivity index (χ4v) is 1.59. The molecule has 2 aromatic rings. The van der Waals surface area contributed by atoms with Crippen LogP contribution in [0, 0.1) is 11.8 Å². The van der Waals surface area contributed by atoms with Crippen molar-refractivity contribution in [3.05, 3.63) is 54.1 Å². The predicted molar refractivity (Wildman–Crippen MR) is 82.9 cm³/mol. The first-order chi connectivity index (χ1) is 10.1. The highest BCUT2D eigenvalue weighted by Gasteiger charge is 1.97. The van der Waals surface area contributed by atoms with Crippen LogP contribution in [0.25, 0.3) is 0 Å². The molecule has 0 aliphatic rings. The standard InChI is InChI=1S/C17H16N2O2/c1-13(20)19-12-2-3-14-4-8-16(9-5-14)21-17-10-6-15(18)7-11-17/h4-11H,12,18H2,1H3,(H,19,20). The summed E-state index contributed by atoms with van der Waals surface area (Å²) in [6.07, 6.45) is 0. The number of nitrogens with two attached hydrogens (primary N) is 1. The molecule has 0 aliphatic carbocycles. The third-order valence-corrected chi connectivity index (χ3v) is 2.63. The first-order valence-corrected chi connectivity index (χ1v) is 6.50. The van der Waals surface area contributed by atoms with Crippen LogP contribution in [-0.2, 0) is 4.79 Å². The van der Waals surface area contributed by atoms with Crippen molar-refractivity contribution in [2.45, 2.75) is 6.92 Å². The molecule has 0 aromatic heterocycles. The quantitative estimate of drug-likeness (QED) is 0.671. The largest absolute Gasteiger partial charge is 0.457 e. The lowest BCUT2D eigenvalue weighted by Crippen LogP contribution is -2.19. The maximum Gasteiger partial charge on any atom is 0.217 e. The smallest absolute Gasteiger partial charge is 0.217 e. The van der Waals surface area contributed by atoms with Gasteiger partial charge < -0.3 is 15.8 Å². The van der Waals surface area contributed by atoms with Crippen LogP contribution in [0.5, 0.6) is 11.5 Å². The summed E-state index contributed by atoms with van der Waals surface area (Å²) in [4.78, 5) is 10.7. The van der Waals surface area contributed by atoms with Crippen LogP contribution in [0.3, 0.4) is 0 Å². The van der Waals surface area contributed by atoms with E-state index in [9.17, 15) is 4.79 Å². The van der Waals surface area contributed by atoms with E-state index in [4.69, 9.17) is 10.5 Å². The molecule has 4 nitrogen and oxygen atoms in total. The molecule has 21 heavy (non-hydrogen) atoms. The lowest BCUT2D eigenvalue weighted by molar-refractivity contribution is -0.118. The first kappa shape index (κ1) is 14.5. The molecule has 0 saturated heterocycles. The number of anilines is 1. The van der Waals surface area contributed by atoms with Crippen molar-refractivity contribution in [1.29, 1.82) is 0 Å². The summed E-state index contributed by atoms with van der Waals surface area (Å²) < 4.78 is 5.68. The first-order valence-electron chi connectivity index (χ1n) is 6.50. The van der Waals surface area contributed by atoms with Gasteiger partial charge in [0.1, 0.15) is 11.5 Å². The molecule has 1 amide bonds. The SMILES string of the molecule is CC(=O)NCC#Cc1ccc(Oc2ccc(N)cc2)cc1. The predicted octanol–water partition coefficient (Wildman–Crippen LogP) is 2.55. The number of hydrogen-bond donors (Lipinski definition) is 2. The molecular weight excluding hydrogens is 264 g/mol. The highest BCUT2D eigenvalue weighted by molar-refractivity contribution is 5.73. The van der Waals surface area contributed by atoms with Gasteiger partial charge in [-0.1, -0.05) is 11.8 Å². The van der Waals surface area contributed by atoms with E-state index >= 15 is 0 Å². The van der Waals surface area contributed by atoms with Crippen molar-refractivity contribution in [3.63, 3.8) is 0 Å². The molecule has 2 aromatic carbocycles. The summed E-state index contributed by atoms with van der Waals surface area (Å²) in [6.45, 7) is 1.81. The molecular formula is C17H16N2O2. The summed E-state index contributed by atoms with van der Waals surface area (Å²) >= 11 is 0. The summed E-state index contributed by atoms with van der Waals surface area (Å²) in [5.74, 6) is 7.21. The van der Waals surface area contributed by atoms with Gasteiger partial charge in [-0.2, -0.15) is 0 Å². The Labute approximate surface area is 123 Å². The third-order valence-electron chi connectivity index (χ3n) is 2.63. The minimum Gasteiger partial charge on any atom is -0.457 e. The number of carbonyl (C=O) groups excluding carboxylic acids is 1. The van der Waals surface area contributed by atoms with Gasteiger partial charge in [0, 0.05) is 18.2 Å². The minimum atomic E-state index is -0.0865. The molecule has 0 atom stereocenters. The van der Waals surface area contributed by atoms with Gasteiger partial charge in [-0.25, -0.2) is 0 Å². The van der Waals surface area contributed by atoms with Crippen LogP contribution >= 0.6 is 0 Å². The molecule has 0 fully saturated rings. The normalized spacial score (nSPS) is 9.38.